The van der Waals surface area contributed by atoms with Gasteiger partial charge in [0.2, 0.25) is 5.91 Å². The molecule has 1 atom stereocenters. The van der Waals surface area contributed by atoms with Crippen molar-refractivity contribution in [3.8, 4) is 0 Å². The van der Waals surface area contributed by atoms with Crippen molar-refractivity contribution in [2.45, 2.75) is 12.6 Å². The number of morpholine rings is 1. The Morgan fingerprint density at radius 1 is 1.38 bits per heavy atom. The van der Waals surface area contributed by atoms with E-state index >= 15 is 0 Å². The molecule has 7 nitrogen and oxygen atoms in total. The fraction of sp³-hybridized carbons (Fsp3) is 0.385. The molecule has 0 radical (unpaired) electrons. The Hall–Kier alpha value is -2.35. The highest BCUT2D eigenvalue weighted by atomic mass is 19.1. The van der Waals surface area contributed by atoms with Gasteiger partial charge in [0.15, 0.2) is 0 Å². The van der Waals surface area contributed by atoms with Crippen LogP contribution in [0, 0.1) is 5.82 Å². The van der Waals surface area contributed by atoms with E-state index in [9.17, 15) is 9.18 Å². The Kier molecular flexibility index (Phi) is 3.87. The lowest BCUT2D eigenvalue weighted by Gasteiger charge is -2.33. The van der Waals surface area contributed by atoms with Crippen LogP contribution in [-0.4, -0.2) is 50.7 Å². The number of carbonyl (C=O) groups is 1. The van der Waals surface area contributed by atoms with Crippen LogP contribution in [-0.2, 0) is 16.1 Å². The number of hydrogen-bond acceptors (Lipinski definition) is 5. The van der Waals surface area contributed by atoms with Crippen molar-refractivity contribution in [3.63, 3.8) is 0 Å². The van der Waals surface area contributed by atoms with Gasteiger partial charge in [0.05, 0.1) is 13.2 Å². The molecule has 1 aromatic carbocycles. The highest BCUT2D eigenvalue weighted by Gasteiger charge is 2.25. The minimum Gasteiger partial charge on any atom is -0.370 e. The lowest BCUT2D eigenvalue weighted by Crippen LogP contribution is -2.43. The van der Waals surface area contributed by atoms with Crippen molar-refractivity contribution in [2.75, 3.05) is 19.7 Å². The maximum atomic E-state index is 12.9. The minimum atomic E-state index is -0.291. The molecular weight excluding hydrogens is 277 g/mol. The van der Waals surface area contributed by atoms with Crippen molar-refractivity contribution >= 4 is 5.91 Å². The number of amides is 1. The highest BCUT2D eigenvalue weighted by Crippen LogP contribution is 2.22. The van der Waals surface area contributed by atoms with Gasteiger partial charge in [0.25, 0.3) is 0 Å². The van der Waals surface area contributed by atoms with Crippen molar-refractivity contribution < 1.29 is 13.9 Å². The molecule has 0 spiro atoms. The van der Waals surface area contributed by atoms with Crippen LogP contribution in [0.3, 0.4) is 0 Å². The van der Waals surface area contributed by atoms with Crippen LogP contribution in [0.1, 0.15) is 11.7 Å². The fourth-order valence-electron chi connectivity index (χ4n) is 2.25. The fourth-order valence-corrected chi connectivity index (χ4v) is 2.25. The molecule has 1 amide bonds. The summed E-state index contributed by atoms with van der Waals surface area (Å²) in [4.78, 5) is 13.9. The second-order valence-electron chi connectivity index (χ2n) is 4.76. The number of ether oxygens (including phenoxy) is 1. The molecule has 0 saturated carbocycles. The van der Waals surface area contributed by atoms with Crippen LogP contribution in [0.25, 0.3) is 0 Å². The summed E-state index contributed by atoms with van der Waals surface area (Å²) in [7, 11) is 0. The molecule has 3 rings (SSSR count). The average molecular weight is 291 g/mol. The first-order valence-corrected chi connectivity index (χ1v) is 6.58. The Morgan fingerprint density at radius 3 is 2.90 bits per heavy atom. The molecule has 8 heteroatoms. The second kappa shape index (κ2) is 5.96. The zero-order valence-corrected chi connectivity index (χ0v) is 11.2. The lowest BCUT2D eigenvalue weighted by molar-refractivity contribution is -0.139. The lowest BCUT2D eigenvalue weighted by atomic mass is 10.1. The summed E-state index contributed by atoms with van der Waals surface area (Å²) < 4.78 is 20.0. The molecule has 0 bridgehead atoms. The van der Waals surface area contributed by atoms with Gasteiger partial charge in [-0.05, 0) is 28.1 Å². The summed E-state index contributed by atoms with van der Waals surface area (Å²) >= 11 is 0. The van der Waals surface area contributed by atoms with E-state index in [1.807, 2.05) is 0 Å². The van der Waals surface area contributed by atoms with Crippen LogP contribution in [0.4, 0.5) is 4.39 Å². The zero-order valence-electron chi connectivity index (χ0n) is 11.2. The maximum Gasteiger partial charge on any atom is 0.244 e. The molecule has 1 aliphatic heterocycles. The third-order valence-electron chi connectivity index (χ3n) is 3.35. The number of hydrogen-bond donors (Lipinski definition) is 0. The molecule has 21 heavy (non-hydrogen) atoms. The van der Waals surface area contributed by atoms with Crippen molar-refractivity contribution in [2.24, 2.45) is 0 Å². The Labute approximate surface area is 120 Å². The quantitative estimate of drug-likeness (QED) is 0.819. The van der Waals surface area contributed by atoms with E-state index in [0.717, 1.165) is 5.56 Å². The normalized spacial score (nSPS) is 18.7. The molecule has 2 heterocycles. The van der Waals surface area contributed by atoms with E-state index in [0.29, 0.717) is 19.7 Å². The van der Waals surface area contributed by atoms with E-state index in [1.54, 1.807) is 17.0 Å². The van der Waals surface area contributed by atoms with E-state index in [4.69, 9.17) is 4.74 Å². The summed E-state index contributed by atoms with van der Waals surface area (Å²) in [6.07, 6.45) is 1.16. The third-order valence-corrected chi connectivity index (χ3v) is 3.35. The van der Waals surface area contributed by atoms with Crippen LogP contribution < -0.4 is 0 Å². The van der Waals surface area contributed by atoms with Crippen molar-refractivity contribution in [3.05, 3.63) is 42.0 Å². The summed E-state index contributed by atoms with van der Waals surface area (Å²) in [5, 5.41) is 10.7. The molecular formula is C13H14FN5O2. The van der Waals surface area contributed by atoms with E-state index < -0.39 is 0 Å². The topological polar surface area (TPSA) is 73.1 Å². The van der Waals surface area contributed by atoms with Crippen LogP contribution in [0.15, 0.2) is 30.6 Å². The summed E-state index contributed by atoms with van der Waals surface area (Å²) in [5.41, 5.74) is 0.858. The molecule has 1 aromatic heterocycles. The highest BCUT2D eigenvalue weighted by molar-refractivity contribution is 5.76. The number of carbonyl (C=O) groups excluding carboxylic acids is 1. The Balaban J connectivity index is 1.65. The predicted octanol–water partition coefficient (Wildman–Crippen LogP) is 0.412. The van der Waals surface area contributed by atoms with Crippen LogP contribution in [0.5, 0.6) is 0 Å². The Morgan fingerprint density at radius 2 is 2.19 bits per heavy atom. The van der Waals surface area contributed by atoms with Gasteiger partial charge in [-0.1, -0.05) is 12.1 Å². The molecule has 2 aromatic rings. The number of nitrogens with zero attached hydrogens (tertiary/aromatic N) is 5. The van der Waals surface area contributed by atoms with E-state index in [2.05, 4.69) is 15.5 Å². The average Bonchev–Trinajstić information content (AvgIpc) is 3.01. The van der Waals surface area contributed by atoms with Gasteiger partial charge in [0, 0.05) is 6.54 Å². The van der Waals surface area contributed by atoms with Gasteiger partial charge in [-0.25, -0.2) is 9.07 Å². The number of tetrazole rings is 1. The monoisotopic (exact) mass is 291 g/mol. The zero-order chi connectivity index (χ0) is 14.7. The van der Waals surface area contributed by atoms with Gasteiger partial charge >= 0.3 is 0 Å². The van der Waals surface area contributed by atoms with Gasteiger partial charge in [-0.15, -0.1) is 5.10 Å². The van der Waals surface area contributed by atoms with Gasteiger partial charge in [0.1, 0.15) is 24.8 Å². The van der Waals surface area contributed by atoms with Crippen molar-refractivity contribution in [1.29, 1.82) is 0 Å². The number of aromatic nitrogens is 4. The molecule has 110 valence electrons. The number of rotatable bonds is 3. The van der Waals surface area contributed by atoms with Gasteiger partial charge in [-0.3, -0.25) is 4.79 Å². The smallest absolute Gasteiger partial charge is 0.244 e. The first-order valence-electron chi connectivity index (χ1n) is 6.58. The van der Waals surface area contributed by atoms with E-state index in [1.165, 1.54) is 23.1 Å². The minimum absolute atomic E-state index is 0.0716. The van der Waals surface area contributed by atoms with Gasteiger partial charge < -0.3 is 9.64 Å². The van der Waals surface area contributed by atoms with Crippen molar-refractivity contribution in [1.82, 2.24) is 25.1 Å². The molecule has 1 aliphatic rings. The largest absolute Gasteiger partial charge is 0.370 e. The summed E-state index contributed by atoms with van der Waals surface area (Å²) in [5.74, 6) is -0.362. The predicted molar refractivity (Wildman–Crippen MR) is 69.5 cm³/mol. The second-order valence-corrected chi connectivity index (χ2v) is 4.76. The SMILES string of the molecule is O=C(Cn1cnnn1)N1CCO[C@@H](c2ccc(F)cc2)C1. The third kappa shape index (κ3) is 3.22. The Bertz CT molecular complexity index is 602. The van der Waals surface area contributed by atoms with Crippen LogP contribution >= 0.6 is 0 Å². The molecule has 0 aliphatic carbocycles. The molecule has 0 N–H and O–H groups in total. The standard InChI is InChI=1S/C13H14FN5O2/c14-11-3-1-10(2-4-11)12-7-18(5-6-21-12)13(20)8-19-9-15-16-17-19/h1-4,9,12H,5-8H2/t12-/m1/s1. The molecule has 1 fully saturated rings. The first-order chi connectivity index (χ1) is 10.2. The van der Waals surface area contributed by atoms with Gasteiger partial charge in [-0.2, -0.15) is 0 Å². The molecule has 0 unspecified atom stereocenters. The molecule has 1 saturated heterocycles. The summed E-state index contributed by atoms with van der Waals surface area (Å²) in [6, 6.07) is 6.13. The number of halogens is 1. The van der Waals surface area contributed by atoms with Crippen LogP contribution in [0.2, 0.25) is 0 Å². The summed E-state index contributed by atoms with van der Waals surface area (Å²) in [6.45, 7) is 1.51. The first kappa shape index (κ1) is 13.6. The maximum absolute atomic E-state index is 12.9. The number of benzene rings is 1. The van der Waals surface area contributed by atoms with E-state index in [-0.39, 0.29) is 24.4 Å².